The Morgan fingerprint density at radius 3 is 2.53 bits per heavy atom. The first-order valence-electron chi connectivity index (χ1n) is 6.03. The summed E-state index contributed by atoms with van der Waals surface area (Å²) in [4.78, 5) is 24.5. The Balaban J connectivity index is 2.49. The molecule has 1 saturated heterocycles. The van der Waals surface area contributed by atoms with E-state index in [2.05, 4.69) is 5.32 Å². The molecule has 98 valence electrons. The van der Waals surface area contributed by atoms with Crippen LogP contribution < -0.4 is 5.32 Å². The molecule has 1 N–H and O–H groups in total. The Morgan fingerprint density at radius 1 is 1.35 bits per heavy atom. The van der Waals surface area contributed by atoms with Crippen molar-refractivity contribution in [2.75, 3.05) is 13.1 Å². The predicted molar refractivity (Wildman–Crippen MR) is 64.6 cm³/mol. The van der Waals surface area contributed by atoms with Crippen LogP contribution in [0, 0.1) is 0 Å². The fourth-order valence-electron chi connectivity index (χ4n) is 1.87. The van der Waals surface area contributed by atoms with Gasteiger partial charge in [-0.3, -0.25) is 4.79 Å². The number of likely N-dealkylation sites (tertiary alicyclic amines) is 1. The van der Waals surface area contributed by atoms with E-state index in [0.717, 1.165) is 12.8 Å². The van der Waals surface area contributed by atoms with Crippen molar-refractivity contribution in [3.63, 3.8) is 0 Å². The first-order valence-corrected chi connectivity index (χ1v) is 6.03. The Kier molecular flexibility index (Phi) is 4.37. The van der Waals surface area contributed by atoms with Crippen LogP contribution in [0.4, 0.5) is 4.79 Å². The maximum Gasteiger partial charge on any atom is 0.410 e. The molecular formula is C12H22N2O3. The Morgan fingerprint density at radius 2 is 2.00 bits per heavy atom. The van der Waals surface area contributed by atoms with Crippen LogP contribution in [-0.2, 0) is 9.53 Å². The average Bonchev–Trinajstić information content (AvgIpc) is 2.14. The fourth-order valence-corrected chi connectivity index (χ4v) is 1.87. The minimum atomic E-state index is -0.474. The summed E-state index contributed by atoms with van der Waals surface area (Å²) in [6.45, 7) is 8.27. The van der Waals surface area contributed by atoms with Crippen molar-refractivity contribution in [3.05, 3.63) is 0 Å². The molecule has 0 bridgehead atoms. The number of amides is 2. The average molecular weight is 242 g/mol. The predicted octanol–water partition coefficient (Wildman–Crippen LogP) is 1.52. The SMILES string of the molecule is CC(=O)N[C@H]1CCCN(C(=O)OC(C)(C)C)C1. The zero-order chi connectivity index (χ0) is 13.1. The molecule has 17 heavy (non-hydrogen) atoms. The smallest absolute Gasteiger partial charge is 0.410 e. The van der Waals surface area contributed by atoms with Gasteiger partial charge in [0.15, 0.2) is 0 Å². The normalized spacial score (nSPS) is 20.9. The summed E-state index contributed by atoms with van der Waals surface area (Å²) in [5.41, 5.74) is -0.474. The second-order valence-corrected chi connectivity index (χ2v) is 5.47. The van der Waals surface area contributed by atoms with Gasteiger partial charge in [-0.1, -0.05) is 0 Å². The van der Waals surface area contributed by atoms with E-state index in [1.807, 2.05) is 20.8 Å². The molecule has 0 saturated carbocycles. The first-order chi connectivity index (χ1) is 7.78. The molecule has 1 aliphatic rings. The van der Waals surface area contributed by atoms with Gasteiger partial charge in [-0.25, -0.2) is 4.79 Å². The van der Waals surface area contributed by atoms with Crippen molar-refractivity contribution in [1.82, 2.24) is 10.2 Å². The van der Waals surface area contributed by atoms with E-state index in [9.17, 15) is 9.59 Å². The number of nitrogens with zero attached hydrogens (tertiary/aromatic N) is 1. The first kappa shape index (κ1) is 13.8. The molecule has 0 radical (unpaired) electrons. The summed E-state index contributed by atoms with van der Waals surface area (Å²) in [6.07, 6.45) is 1.51. The van der Waals surface area contributed by atoms with Gasteiger partial charge in [0.25, 0.3) is 0 Å². The van der Waals surface area contributed by atoms with Crippen LogP contribution in [0.25, 0.3) is 0 Å². The number of carbonyl (C=O) groups excluding carboxylic acids is 2. The van der Waals surface area contributed by atoms with Crippen LogP contribution in [0.15, 0.2) is 0 Å². The van der Waals surface area contributed by atoms with Gasteiger partial charge in [0.2, 0.25) is 5.91 Å². The molecule has 0 aliphatic carbocycles. The summed E-state index contributed by atoms with van der Waals surface area (Å²) in [7, 11) is 0. The van der Waals surface area contributed by atoms with Gasteiger partial charge in [0.1, 0.15) is 5.60 Å². The standard InChI is InChI=1S/C12H22N2O3/c1-9(15)13-10-6-5-7-14(8-10)11(16)17-12(2,3)4/h10H,5-8H2,1-4H3,(H,13,15)/t10-/m0/s1. The summed E-state index contributed by atoms with van der Waals surface area (Å²) in [6, 6.07) is 0.0498. The van der Waals surface area contributed by atoms with Crippen molar-refractivity contribution in [1.29, 1.82) is 0 Å². The molecule has 5 nitrogen and oxygen atoms in total. The van der Waals surface area contributed by atoms with E-state index >= 15 is 0 Å². The number of ether oxygens (including phenoxy) is 1. The number of piperidine rings is 1. The summed E-state index contributed by atoms with van der Waals surface area (Å²) in [5, 5.41) is 2.84. The molecule has 0 aromatic carbocycles. The molecule has 1 rings (SSSR count). The van der Waals surface area contributed by atoms with Crippen LogP contribution in [0.1, 0.15) is 40.5 Å². The van der Waals surface area contributed by atoms with E-state index in [-0.39, 0.29) is 18.0 Å². The molecular weight excluding hydrogens is 220 g/mol. The Labute approximate surface area is 102 Å². The third kappa shape index (κ3) is 5.06. The van der Waals surface area contributed by atoms with E-state index in [4.69, 9.17) is 4.74 Å². The van der Waals surface area contributed by atoms with Gasteiger partial charge in [-0.2, -0.15) is 0 Å². The highest BCUT2D eigenvalue weighted by molar-refractivity contribution is 5.73. The largest absolute Gasteiger partial charge is 0.444 e. The van der Waals surface area contributed by atoms with Crippen molar-refractivity contribution in [2.45, 2.75) is 52.2 Å². The summed E-state index contributed by atoms with van der Waals surface area (Å²) < 4.78 is 5.30. The zero-order valence-corrected chi connectivity index (χ0v) is 11.1. The summed E-state index contributed by atoms with van der Waals surface area (Å²) >= 11 is 0. The molecule has 1 heterocycles. The minimum Gasteiger partial charge on any atom is -0.444 e. The van der Waals surface area contributed by atoms with Crippen LogP contribution in [0.3, 0.4) is 0 Å². The molecule has 0 spiro atoms. The molecule has 5 heteroatoms. The highest BCUT2D eigenvalue weighted by Crippen LogP contribution is 2.15. The van der Waals surface area contributed by atoms with Gasteiger partial charge in [0, 0.05) is 26.1 Å². The number of rotatable bonds is 1. The third-order valence-electron chi connectivity index (χ3n) is 2.48. The maximum absolute atomic E-state index is 11.8. The summed E-state index contributed by atoms with van der Waals surface area (Å²) in [5.74, 6) is -0.0546. The fraction of sp³-hybridized carbons (Fsp3) is 0.833. The third-order valence-corrected chi connectivity index (χ3v) is 2.48. The Hall–Kier alpha value is -1.26. The van der Waals surface area contributed by atoms with E-state index in [1.165, 1.54) is 6.92 Å². The van der Waals surface area contributed by atoms with E-state index < -0.39 is 5.60 Å². The van der Waals surface area contributed by atoms with Gasteiger partial charge < -0.3 is 15.0 Å². The lowest BCUT2D eigenvalue weighted by atomic mass is 10.1. The highest BCUT2D eigenvalue weighted by Gasteiger charge is 2.27. The number of hydrogen-bond acceptors (Lipinski definition) is 3. The maximum atomic E-state index is 11.8. The second-order valence-electron chi connectivity index (χ2n) is 5.47. The van der Waals surface area contributed by atoms with Crippen molar-refractivity contribution < 1.29 is 14.3 Å². The number of hydrogen-bond donors (Lipinski definition) is 1. The lowest BCUT2D eigenvalue weighted by molar-refractivity contribution is -0.120. The Bertz CT molecular complexity index is 297. The molecule has 0 aromatic heterocycles. The van der Waals surface area contributed by atoms with Crippen LogP contribution >= 0.6 is 0 Å². The molecule has 0 unspecified atom stereocenters. The molecule has 1 aliphatic heterocycles. The van der Waals surface area contributed by atoms with Gasteiger partial charge in [0.05, 0.1) is 0 Å². The topological polar surface area (TPSA) is 58.6 Å². The molecule has 1 atom stereocenters. The van der Waals surface area contributed by atoms with Gasteiger partial charge in [-0.15, -0.1) is 0 Å². The van der Waals surface area contributed by atoms with E-state index in [0.29, 0.717) is 13.1 Å². The minimum absolute atomic E-state index is 0.0498. The molecule has 1 fully saturated rings. The quantitative estimate of drug-likeness (QED) is 0.758. The van der Waals surface area contributed by atoms with Crippen molar-refractivity contribution in [3.8, 4) is 0 Å². The van der Waals surface area contributed by atoms with E-state index in [1.54, 1.807) is 4.90 Å². The van der Waals surface area contributed by atoms with Crippen molar-refractivity contribution in [2.24, 2.45) is 0 Å². The van der Waals surface area contributed by atoms with Gasteiger partial charge >= 0.3 is 6.09 Å². The van der Waals surface area contributed by atoms with Gasteiger partial charge in [-0.05, 0) is 33.6 Å². The lowest BCUT2D eigenvalue weighted by Gasteiger charge is -2.34. The van der Waals surface area contributed by atoms with Crippen LogP contribution in [-0.4, -0.2) is 41.6 Å². The zero-order valence-electron chi connectivity index (χ0n) is 11.1. The highest BCUT2D eigenvalue weighted by atomic mass is 16.6. The van der Waals surface area contributed by atoms with Crippen molar-refractivity contribution >= 4 is 12.0 Å². The van der Waals surface area contributed by atoms with Crippen LogP contribution in [0.2, 0.25) is 0 Å². The monoisotopic (exact) mass is 242 g/mol. The molecule has 0 aromatic rings. The van der Waals surface area contributed by atoms with Crippen LogP contribution in [0.5, 0.6) is 0 Å². The molecule has 2 amide bonds. The number of carbonyl (C=O) groups is 2. The number of nitrogens with one attached hydrogen (secondary N) is 1. The second kappa shape index (κ2) is 5.38. The lowest BCUT2D eigenvalue weighted by Crippen LogP contribution is -2.50.